The van der Waals surface area contributed by atoms with Crippen molar-refractivity contribution in [2.75, 3.05) is 115 Å². The Labute approximate surface area is 517 Å². The van der Waals surface area contributed by atoms with Crippen LogP contribution in [0.15, 0.2) is 94.5 Å². The van der Waals surface area contributed by atoms with Gasteiger partial charge in [-0.2, -0.15) is 0 Å². The van der Waals surface area contributed by atoms with Crippen molar-refractivity contribution in [3.05, 3.63) is 162 Å². The lowest BCUT2D eigenvalue weighted by Gasteiger charge is -2.43. The standard InChI is InChI=1S/C68H90N12O8/c1-43-9-13-47(14-10-43)25-51-27-55-61(73-63(51)83)67(5,6)41-79(55)59(81)39-77-33-45(3)69-31-53(77)35-75-21-23-87-57(37-75)65(85)71-29-49-17-19-50(20-18-49)30-72-66(86)58-38-76(22-24-88-58)36-54-32-70-46(4)34-78(54)40-60(82)80-42-68(7,8)62-56(80)28-52(64(84)74-62)26-48-15-11-44(2)12-16-48/h9-20,27-28,45-46,53-54,57-58,69-70H,21-26,29-42H2,1-8H3,(H,71,85)(H,72,86)(H,73,83)(H,74,84)/t45-,46-,53-,54-,57+,58+/m1/s1. The Morgan fingerprint density at radius 1 is 0.545 bits per heavy atom. The number of piperazine rings is 2. The maximum absolute atomic E-state index is 14.4. The topological polar surface area (TPSA) is 220 Å². The third-order valence-electron chi connectivity index (χ3n) is 18.8. The van der Waals surface area contributed by atoms with E-state index in [0.29, 0.717) is 129 Å². The molecule has 0 aliphatic carbocycles. The zero-order valence-electron chi connectivity index (χ0n) is 52.6. The van der Waals surface area contributed by atoms with E-state index in [9.17, 15) is 28.8 Å². The van der Waals surface area contributed by atoms with Crippen molar-refractivity contribution in [1.29, 1.82) is 0 Å². The summed E-state index contributed by atoms with van der Waals surface area (Å²) in [6.07, 6.45) is -0.347. The molecule has 0 radical (unpaired) electrons. The van der Waals surface area contributed by atoms with E-state index in [1.165, 1.54) is 0 Å². The van der Waals surface area contributed by atoms with Gasteiger partial charge in [-0.1, -0.05) is 112 Å². The smallest absolute Gasteiger partial charge is 0.251 e. The van der Waals surface area contributed by atoms with Crippen LogP contribution >= 0.6 is 0 Å². The molecule has 6 atom stereocenters. The first-order chi connectivity index (χ1) is 42.1. The monoisotopic (exact) mass is 1200 g/mol. The highest BCUT2D eigenvalue weighted by Gasteiger charge is 2.43. The minimum absolute atomic E-state index is 0.00263. The van der Waals surface area contributed by atoms with Gasteiger partial charge in [-0.15, -0.1) is 0 Å². The van der Waals surface area contributed by atoms with Crippen LogP contribution in [0.1, 0.15) is 97.4 Å². The molecule has 8 heterocycles. The SMILES string of the molecule is Cc1ccc(Cc2cc3c([nH]c2=O)C(C)(C)CN3C(=O)CN2C[C@@H](C)NC[C@@H]2CN2CCO[C@H](C(=O)NCc3ccc(CNC(=O)[C@@H]4CN(C[C@H]5CN[C@H](C)CN5CC(=O)N5CC(C)(C)c6[nH]c(=O)c(Cc7ccc(C)cc7)cc65)CCO4)cc3)C2)cc1. The fourth-order valence-electron chi connectivity index (χ4n) is 13.6. The molecule has 0 saturated carbocycles. The van der Waals surface area contributed by atoms with Gasteiger partial charge in [0.25, 0.3) is 22.9 Å². The number of rotatable bonds is 18. The van der Waals surface area contributed by atoms with Gasteiger partial charge in [0.05, 0.1) is 37.7 Å². The first kappa shape index (κ1) is 62.7. The van der Waals surface area contributed by atoms with Crippen LogP contribution in [0, 0.1) is 13.8 Å². The third-order valence-corrected chi connectivity index (χ3v) is 18.8. The van der Waals surface area contributed by atoms with Crippen molar-refractivity contribution < 1.29 is 28.7 Å². The number of hydrogen-bond acceptors (Lipinski definition) is 14. The van der Waals surface area contributed by atoms with Crippen LogP contribution in [0.5, 0.6) is 0 Å². The summed E-state index contributed by atoms with van der Waals surface area (Å²) in [7, 11) is 0. The minimum atomic E-state index is -0.650. The largest absolute Gasteiger partial charge is 0.366 e. The summed E-state index contributed by atoms with van der Waals surface area (Å²) in [6, 6.07) is 28.5. The lowest BCUT2D eigenvalue weighted by atomic mass is 9.91. The van der Waals surface area contributed by atoms with E-state index in [2.05, 4.69) is 92.4 Å². The molecule has 11 rings (SSSR count). The first-order valence-electron chi connectivity index (χ1n) is 31.6. The van der Waals surface area contributed by atoms with Gasteiger partial charge in [0.15, 0.2) is 0 Å². The molecule has 2 aromatic heterocycles. The van der Waals surface area contributed by atoms with Crippen LogP contribution in [0.2, 0.25) is 0 Å². The van der Waals surface area contributed by atoms with Crippen LogP contribution in [0.3, 0.4) is 0 Å². The molecule has 6 aliphatic rings. The quantitative estimate of drug-likeness (QED) is 0.0741. The summed E-state index contributed by atoms with van der Waals surface area (Å²) in [4.78, 5) is 102. The number of nitrogens with one attached hydrogen (secondary N) is 6. The van der Waals surface area contributed by atoms with Gasteiger partial charge in [-0.3, -0.25) is 48.4 Å². The van der Waals surface area contributed by atoms with Gasteiger partial charge in [-0.25, -0.2) is 0 Å². The highest BCUT2D eigenvalue weighted by atomic mass is 16.5. The molecule has 88 heavy (non-hydrogen) atoms. The van der Waals surface area contributed by atoms with Crippen LogP contribution < -0.4 is 42.2 Å². The van der Waals surface area contributed by atoms with Crippen LogP contribution in [0.4, 0.5) is 11.4 Å². The van der Waals surface area contributed by atoms with Gasteiger partial charge in [0.2, 0.25) is 11.8 Å². The molecule has 6 N–H and O–H groups in total. The summed E-state index contributed by atoms with van der Waals surface area (Å²) < 4.78 is 12.1. The number of fused-ring (bicyclic) bond motifs is 2. The molecule has 470 valence electrons. The number of hydrogen-bond donors (Lipinski definition) is 6. The Balaban J connectivity index is 0.629. The second kappa shape index (κ2) is 26.7. The average molecular weight is 1200 g/mol. The molecular formula is C68H90N12O8. The number of carbonyl (C=O) groups excluding carboxylic acids is 4. The normalized spacial score (nSPS) is 24.0. The number of carbonyl (C=O) groups is 4. The number of anilines is 2. The molecule has 4 fully saturated rings. The maximum atomic E-state index is 14.4. The molecule has 0 unspecified atom stereocenters. The summed E-state index contributed by atoms with van der Waals surface area (Å²) in [6.45, 7) is 25.8. The second-order valence-electron chi connectivity index (χ2n) is 27.1. The Bertz CT molecular complexity index is 3230. The van der Waals surface area contributed by atoms with E-state index in [0.717, 1.165) is 56.1 Å². The molecule has 4 amide bonds. The number of H-pyrrole nitrogens is 2. The summed E-state index contributed by atoms with van der Waals surface area (Å²) >= 11 is 0. The number of ether oxygens (including phenoxy) is 2. The Morgan fingerprint density at radius 2 is 0.920 bits per heavy atom. The van der Waals surface area contributed by atoms with E-state index >= 15 is 0 Å². The van der Waals surface area contributed by atoms with E-state index in [1.54, 1.807) is 0 Å². The summed E-state index contributed by atoms with van der Waals surface area (Å²) in [5.74, 6) is -0.374. The Hall–Kier alpha value is -6.88. The molecule has 20 heteroatoms. The summed E-state index contributed by atoms with van der Waals surface area (Å²) in [5.41, 5.74) is 9.55. The van der Waals surface area contributed by atoms with E-state index < -0.39 is 23.0 Å². The lowest BCUT2D eigenvalue weighted by molar-refractivity contribution is -0.139. The van der Waals surface area contributed by atoms with E-state index in [4.69, 9.17) is 9.47 Å². The zero-order chi connectivity index (χ0) is 62.0. The van der Waals surface area contributed by atoms with Crippen LogP contribution in [-0.2, 0) is 65.4 Å². The van der Waals surface area contributed by atoms with Crippen LogP contribution in [-0.4, -0.2) is 194 Å². The van der Waals surface area contributed by atoms with Crippen molar-refractivity contribution in [3.63, 3.8) is 0 Å². The molecule has 3 aromatic carbocycles. The lowest BCUT2D eigenvalue weighted by Crippen LogP contribution is -2.62. The van der Waals surface area contributed by atoms with Gasteiger partial charge in [-0.05, 0) is 62.1 Å². The van der Waals surface area contributed by atoms with E-state index in [-0.39, 0.29) is 72.0 Å². The summed E-state index contributed by atoms with van der Waals surface area (Å²) in [5, 5.41) is 13.4. The van der Waals surface area contributed by atoms with Gasteiger partial charge in [0, 0.05) is 162 Å². The minimum Gasteiger partial charge on any atom is -0.366 e. The van der Waals surface area contributed by atoms with Gasteiger partial charge in [0.1, 0.15) is 12.2 Å². The number of amides is 4. The second-order valence-corrected chi connectivity index (χ2v) is 27.1. The maximum Gasteiger partial charge on any atom is 0.251 e. The number of aryl methyl sites for hydroxylation is 2. The van der Waals surface area contributed by atoms with Crippen LogP contribution in [0.25, 0.3) is 0 Å². The molecular weight excluding hydrogens is 1110 g/mol. The fourth-order valence-corrected chi connectivity index (χ4v) is 13.6. The van der Waals surface area contributed by atoms with Crippen molar-refractivity contribution in [2.45, 2.75) is 129 Å². The van der Waals surface area contributed by atoms with Crippen molar-refractivity contribution in [1.82, 2.24) is 50.8 Å². The predicted molar refractivity (Wildman–Crippen MR) is 341 cm³/mol. The fraction of sp³-hybridized carbons (Fsp3) is 0.529. The number of aromatic nitrogens is 2. The molecule has 0 spiro atoms. The number of pyridine rings is 2. The molecule has 6 aliphatic heterocycles. The number of nitrogens with zero attached hydrogens (tertiary/aromatic N) is 6. The van der Waals surface area contributed by atoms with Gasteiger partial charge < -0.3 is 50.5 Å². The average Bonchev–Trinajstić information content (AvgIpc) is 1.83. The molecule has 5 aromatic rings. The number of benzene rings is 3. The van der Waals surface area contributed by atoms with Crippen molar-refractivity contribution in [2.24, 2.45) is 0 Å². The molecule has 20 nitrogen and oxygen atoms in total. The van der Waals surface area contributed by atoms with Gasteiger partial charge >= 0.3 is 0 Å². The first-order valence-corrected chi connectivity index (χ1v) is 31.6. The third kappa shape index (κ3) is 14.7. The zero-order valence-corrected chi connectivity index (χ0v) is 52.6. The van der Waals surface area contributed by atoms with Crippen molar-refractivity contribution >= 4 is 35.0 Å². The predicted octanol–water partition coefficient (Wildman–Crippen LogP) is 3.47. The van der Waals surface area contributed by atoms with E-state index in [1.807, 2.05) is 109 Å². The van der Waals surface area contributed by atoms with Crippen molar-refractivity contribution in [3.8, 4) is 0 Å². The highest BCUT2D eigenvalue weighted by Crippen LogP contribution is 2.41. The highest BCUT2D eigenvalue weighted by molar-refractivity contribution is 5.98. The molecule has 4 saturated heterocycles. The number of aromatic amines is 2. The number of morpholine rings is 2. The molecule has 0 bridgehead atoms. The Kier molecular flexibility index (Phi) is 19.0. The Morgan fingerprint density at radius 3 is 1.31 bits per heavy atom.